The second kappa shape index (κ2) is 11.6. The van der Waals surface area contributed by atoms with Gasteiger partial charge in [0.05, 0.1) is 22.7 Å². The Morgan fingerprint density at radius 3 is 2.38 bits per heavy atom. The van der Waals surface area contributed by atoms with Crippen molar-refractivity contribution in [2.45, 2.75) is 38.5 Å². The average Bonchev–Trinajstić information content (AvgIpc) is 3.09. The van der Waals surface area contributed by atoms with Gasteiger partial charge in [-0.05, 0) is 63.2 Å². The molecule has 178 valence electrons. The summed E-state index contributed by atoms with van der Waals surface area (Å²) in [6.45, 7) is 3.98. The standard InChI is InChI=1S/C26H31N5O3/c32-25(27-15-8-18-29-16-6-1-2-7-17-29)19-22-20-30(23-9-4-3-5-10-23)28-26(22)21-11-13-24(14-12-21)31(33)34/h3-5,9-14,20H,1-2,6-8,15-19H2,(H,27,32). The molecule has 1 saturated heterocycles. The minimum atomic E-state index is -0.424. The fourth-order valence-electron chi connectivity index (χ4n) is 4.36. The summed E-state index contributed by atoms with van der Waals surface area (Å²) >= 11 is 0. The number of nitro benzene ring substituents is 1. The number of para-hydroxylation sites is 1. The zero-order valence-electron chi connectivity index (χ0n) is 19.4. The molecule has 0 spiro atoms. The van der Waals surface area contributed by atoms with E-state index in [2.05, 4.69) is 10.2 Å². The molecule has 1 fully saturated rings. The van der Waals surface area contributed by atoms with Crippen LogP contribution in [0.2, 0.25) is 0 Å². The smallest absolute Gasteiger partial charge is 0.269 e. The lowest BCUT2D eigenvalue weighted by atomic mass is 10.1. The number of hydrogen-bond acceptors (Lipinski definition) is 5. The molecule has 0 unspecified atom stereocenters. The van der Waals surface area contributed by atoms with Gasteiger partial charge in [-0.1, -0.05) is 31.0 Å². The molecule has 0 saturated carbocycles. The van der Waals surface area contributed by atoms with Crippen molar-refractivity contribution in [1.82, 2.24) is 20.0 Å². The third-order valence-electron chi connectivity index (χ3n) is 6.19. The minimum absolute atomic E-state index is 0.0231. The summed E-state index contributed by atoms with van der Waals surface area (Å²) < 4.78 is 1.75. The van der Waals surface area contributed by atoms with Crippen LogP contribution in [-0.4, -0.2) is 51.7 Å². The van der Waals surface area contributed by atoms with E-state index in [9.17, 15) is 14.9 Å². The van der Waals surface area contributed by atoms with Crippen molar-refractivity contribution in [2.24, 2.45) is 0 Å². The number of carbonyl (C=O) groups is 1. The molecule has 4 rings (SSSR count). The molecule has 8 nitrogen and oxygen atoms in total. The third kappa shape index (κ3) is 6.29. The minimum Gasteiger partial charge on any atom is -0.356 e. The first-order valence-corrected chi connectivity index (χ1v) is 12.0. The number of amides is 1. The summed E-state index contributed by atoms with van der Waals surface area (Å²) in [5, 5.41) is 18.8. The molecule has 0 bridgehead atoms. The van der Waals surface area contributed by atoms with Crippen LogP contribution in [0.25, 0.3) is 16.9 Å². The van der Waals surface area contributed by atoms with Crippen LogP contribution >= 0.6 is 0 Å². The fraction of sp³-hybridized carbons (Fsp3) is 0.385. The molecule has 1 aliphatic rings. The first kappa shape index (κ1) is 23.6. The summed E-state index contributed by atoms with van der Waals surface area (Å²) in [6, 6.07) is 16.0. The molecule has 34 heavy (non-hydrogen) atoms. The molecule has 0 radical (unpaired) electrons. The highest BCUT2D eigenvalue weighted by Crippen LogP contribution is 2.26. The van der Waals surface area contributed by atoms with Gasteiger partial charge in [0.15, 0.2) is 0 Å². The number of hydrogen-bond donors (Lipinski definition) is 1. The van der Waals surface area contributed by atoms with Gasteiger partial charge in [0.2, 0.25) is 5.91 Å². The molecule has 0 aliphatic carbocycles. The van der Waals surface area contributed by atoms with E-state index < -0.39 is 4.92 Å². The SMILES string of the molecule is O=C(Cc1cn(-c2ccccc2)nc1-c1ccc([N+](=O)[O-])cc1)NCCCN1CCCCCC1. The Bertz CT molecular complexity index is 1090. The van der Waals surface area contributed by atoms with Crippen LogP contribution in [0.1, 0.15) is 37.7 Å². The van der Waals surface area contributed by atoms with E-state index in [1.807, 2.05) is 36.5 Å². The molecular formula is C26H31N5O3. The summed E-state index contributed by atoms with van der Waals surface area (Å²) in [7, 11) is 0. The summed E-state index contributed by atoms with van der Waals surface area (Å²) in [5.41, 5.74) is 3.08. The Morgan fingerprint density at radius 1 is 1.00 bits per heavy atom. The van der Waals surface area contributed by atoms with E-state index in [0.29, 0.717) is 12.2 Å². The number of nitro groups is 1. The second-order valence-electron chi connectivity index (χ2n) is 8.72. The number of rotatable bonds is 9. The summed E-state index contributed by atoms with van der Waals surface area (Å²) in [4.78, 5) is 25.8. The third-order valence-corrected chi connectivity index (χ3v) is 6.19. The highest BCUT2D eigenvalue weighted by atomic mass is 16.6. The molecule has 1 aliphatic heterocycles. The number of aromatic nitrogens is 2. The normalized spacial score (nSPS) is 14.5. The molecule has 8 heteroatoms. The van der Waals surface area contributed by atoms with E-state index in [0.717, 1.165) is 42.9 Å². The van der Waals surface area contributed by atoms with Crippen LogP contribution in [-0.2, 0) is 11.2 Å². The number of likely N-dealkylation sites (tertiary alicyclic amines) is 1. The van der Waals surface area contributed by atoms with Crippen molar-refractivity contribution in [3.8, 4) is 16.9 Å². The van der Waals surface area contributed by atoms with Gasteiger partial charge in [-0.2, -0.15) is 5.10 Å². The molecule has 2 aromatic carbocycles. The molecule has 1 N–H and O–H groups in total. The Hall–Kier alpha value is -3.52. The summed E-state index contributed by atoms with van der Waals surface area (Å²) in [6.07, 6.45) is 8.17. The van der Waals surface area contributed by atoms with E-state index >= 15 is 0 Å². The predicted octanol–water partition coefficient (Wildman–Crippen LogP) is 4.37. The maximum absolute atomic E-state index is 12.7. The second-order valence-corrected chi connectivity index (χ2v) is 8.72. The first-order chi connectivity index (χ1) is 16.6. The van der Waals surface area contributed by atoms with Gasteiger partial charge in [0, 0.05) is 36.0 Å². The van der Waals surface area contributed by atoms with Gasteiger partial charge in [0.1, 0.15) is 0 Å². The number of carbonyl (C=O) groups excluding carboxylic acids is 1. The van der Waals surface area contributed by atoms with Crippen molar-refractivity contribution in [3.63, 3.8) is 0 Å². The lowest BCUT2D eigenvalue weighted by Gasteiger charge is -2.19. The first-order valence-electron chi connectivity index (χ1n) is 12.0. The molecule has 2 heterocycles. The van der Waals surface area contributed by atoms with Gasteiger partial charge in [-0.3, -0.25) is 14.9 Å². The molecule has 3 aromatic rings. The topological polar surface area (TPSA) is 93.3 Å². The van der Waals surface area contributed by atoms with Gasteiger partial charge in [0.25, 0.3) is 5.69 Å². The van der Waals surface area contributed by atoms with Gasteiger partial charge >= 0.3 is 0 Å². The molecule has 0 atom stereocenters. The Labute approximate surface area is 199 Å². The fourth-order valence-corrected chi connectivity index (χ4v) is 4.36. The lowest BCUT2D eigenvalue weighted by molar-refractivity contribution is -0.384. The maximum atomic E-state index is 12.7. The van der Waals surface area contributed by atoms with E-state index in [-0.39, 0.29) is 18.0 Å². The zero-order valence-corrected chi connectivity index (χ0v) is 19.4. The molecular weight excluding hydrogens is 430 g/mol. The average molecular weight is 462 g/mol. The highest BCUT2D eigenvalue weighted by Gasteiger charge is 2.17. The van der Waals surface area contributed by atoms with Crippen LogP contribution in [0.5, 0.6) is 0 Å². The zero-order chi connectivity index (χ0) is 23.8. The Balaban J connectivity index is 1.43. The quantitative estimate of drug-likeness (QED) is 0.290. The molecule has 1 amide bonds. The highest BCUT2D eigenvalue weighted by molar-refractivity contribution is 5.81. The van der Waals surface area contributed by atoms with Crippen molar-refractivity contribution >= 4 is 11.6 Å². The van der Waals surface area contributed by atoms with Crippen LogP contribution < -0.4 is 5.32 Å². The van der Waals surface area contributed by atoms with Crippen molar-refractivity contribution in [3.05, 3.63) is 76.5 Å². The number of nitrogens with zero attached hydrogens (tertiary/aromatic N) is 4. The molecule has 1 aromatic heterocycles. The predicted molar refractivity (Wildman–Crippen MR) is 132 cm³/mol. The van der Waals surface area contributed by atoms with Gasteiger partial charge in [-0.25, -0.2) is 4.68 Å². The summed E-state index contributed by atoms with van der Waals surface area (Å²) in [5.74, 6) is -0.0494. The lowest BCUT2D eigenvalue weighted by Crippen LogP contribution is -2.31. The monoisotopic (exact) mass is 461 g/mol. The van der Waals surface area contributed by atoms with Gasteiger partial charge in [-0.15, -0.1) is 0 Å². The Kier molecular flexibility index (Phi) is 8.04. The van der Waals surface area contributed by atoms with Crippen LogP contribution in [0.3, 0.4) is 0 Å². The van der Waals surface area contributed by atoms with Crippen molar-refractivity contribution < 1.29 is 9.72 Å². The van der Waals surface area contributed by atoms with Crippen LogP contribution in [0.15, 0.2) is 60.8 Å². The number of benzene rings is 2. The largest absolute Gasteiger partial charge is 0.356 e. The number of nitrogens with one attached hydrogen (secondary N) is 1. The maximum Gasteiger partial charge on any atom is 0.269 e. The van der Waals surface area contributed by atoms with Crippen molar-refractivity contribution in [1.29, 1.82) is 0 Å². The van der Waals surface area contributed by atoms with Gasteiger partial charge < -0.3 is 10.2 Å². The number of non-ortho nitro benzene ring substituents is 1. The van der Waals surface area contributed by atoms with Crippen LogP contribution in [0.4, 0.5) is 5.69 Å². The van der Waals surface area contributed by atoms with E-state index in [1.165, 1.54) is 37.8 Å². The van der Waals surface area contributed by atoms with E-state index in [1.54, 1.807) is 16.8 Å². The Morgan fingerprint density at radius 2 is 1.71 bits per heavy atom. The van der Waals surface area contributed by atoms with E-state index in [4.69, 9.17) is 5.10 Å². The van der Waals surface area contributed by atoms with Crippen molar-refractivity contribution in [2.75, 3.05) is 26.2 Å². The van der Waals surface area contributed by atoms with Crippen LogP contribution in [0, 0.1) is 10.1 Å².